The Bertz CT molecular complexity index is 797. The molecule has 1 amide bonds. The van der Waals surface area contributed by atoms with Gasteiger partial charge in [-0.1, -0.05) is 30.3 Å². The van der Waals surface area contributed by atoms with E-state index in [4.69, 9.17) is 5.73 Å². The van der Waals surface area contributed by atoms with E-state index in [0.29, 0.717) is 0 Å². The lowest BCUT2D eigenvalue weighted by molar-refractivity contribution is 0.0998. The maximum Gasteiger partial charge on any atom is 0.252 e. The predicted octanol–water partition coefficient (Wildman–Crippen LogP) is 3.28. The molecule has 0 aliphatic rings. The second-order valence-corrected chi connectivity index (χ2v) is 5.36. The van der Waals surface area contributed by atoms with E-state index >= 15 is 0 Å². The maximum atomic E-state index is 11.3. The second kappa shape index (κ2) is 5.38. The Hall–Kier alpha value is -2.66. The summed E-state index contributed by atoms with van der Waals surface area (Å²) in [5.41, 5.74) is 7.89. The van der Waals surface area contributed by atoms with Gasteiger partial charge in [-0.15, -0.1) is 11.3 Å². The van der Waals surface area contributed by atoms with Gasteiger partial charge in [0.2, 0.25) is 0 Å². The van der Waals surface area contributed by atoms with Crippen LogP contribution in [-0.4, -0.2) is 16.0 Å². The van der Waals surface area contributed by atoms with Gasteiger partial charge < -0.3 is 10.8 Å². The topological polar surface area (TPSA) is 76.2 Å². The van der Waals surface area contributed by atoms with Crippen LogP contribution in [0.3, 0.4) is 0 Å². The Morgan fingerprint density at radius 1 is 1.10 bits per heavy atom. The molecule has 3 N–H and O–H groups in total. The van der Waals surface area contributed by atoms with Crippen LogP contribution in [0.1, 0.15) is 10.4 Å². The molecule has 0 radical (unpaired) electrons. The molecule has 2 aromatic carbocycles. The number of amides is 1. The van der Waals surface area contributed by atoms with Crippen molar-refractivity contribution in [3.63, 3.8) is 0 Å². The van der Waals surface area contributed by atoms with Crippen molar-refractivity contribution in [3.8, 4) is 27.6 Å². The number of benzene rings is 2. The number of nitrogens with zero attached hydrogens (tertiary/aromatic N) is 1. The minimum absolute atomic E-state index is 0.0989. The van der Waals surface area contributed by atoms with E-state index in [0.717, 1.165) is 21.8 Å². The van der Waals surface area contributed by atoms with Crippen LogP contribution in [0.5, 0.6) is 5.75 Å². The summed E-state index contributed by atoms with van der Waals surface area (Å²) in [4.78, 5) is 15.8. The molecule has 21 heavy (non-hydrogen) atoms. The third-order valence-electron chi connectivity index (χ3n) is 3.08. The summed E-state index contributed by atoms with van der Waals surface area (Å²) in [5.74, 6) is -0.780. The zero-order valence-corrected chi connectivity index (χ0v) is 11.8. The van der Waals surface area contributed by atoms with Gasteiger partial charge >= 0.3 is 0 Å². The molecule has 0 spiro atoms. The standard InChI is InChI=1S/C16H12N2O2S/c17-15(20)12-8-11(6-7-14(12)19)13-9-21-16(18-13)10-4-2-1-3-5-10/h1-9,19H,(H2,17,20). The number of primary amides is 1. The van der Waals surface area contributed by atoms with E-state index in [-0.39, 0.29) is 11.3 Å². The molecule has 4 nitrogen and oxygen atoms in total. The summed E-state index contributed by atoms with van der Waals surface area (Å²) in [7, 11) is 0. The molecule has 3 rings (SSSR count). The number of hydrogen-bond acceptors (Lipinski definition) is 4. The van der Waals surface area contributed by atoms with Gasteiger partial charge in [0, 0.05) is 16.5 Å². The first kappa shape index (κ1) is 13.3. The first-order valence-electron chi connectivity index (χ1n) is 6.29. The molecule has 1 heterocycles. The first-order valence-corrected chi connectivity index (χ1v) is 7.17. The molecule has 5 heteroatoms. The predicted molar refractivity (Wildman–Crippen MR) is 83.2 cm³/mol. The van der Waals surface area contributed by atoms with Crippen molar-refractivity contribution in [3.05, 3.63) is 59.5 Å². The Balaban J connectivity index is 2.01. The molecule has 1 aromatic heterocycles. The summed E-state index contributed by atoms with van der Waals surface area (Å²) in [6.45, 7) is 0. The SMILES string of the molecule is NC(=O)c1cc(-c2csc(-c3ccccc3)n2)ccc1O. The molecule has 0 bridgehead atoms. The molecule has 0 atom stereocenters. The fourth-order valence-electron chi connectivity index (χ4n) is 2.01. The highest BCUT2D eigenvalue weighted by atomic mass is 32.1. The van der Waals surface area contributed by atoms with Gasteiger partial charge in [0.15, 0.2) is 0 Å². The van der Waals surface area contributed by atoms with Crippen molar-refractivity contribution < 1.29 is 9.90 Å². The number of carbonyl (C=O) groups is 1. The molecular formula is C16H12N2O2S. The van der Waals surface area contributed by atoms with Gasteiger partial charge in [-0.05, 0) is 18.2 Å². The third kappa shape index (κ3) is 2.64. The lowest BCUT2D eigenvalue weighted by Crippen LogP contribution is -2.11. The molecule has 0 fully saturated rings. The summed E-state index contributed by atoms with van der Waals surface area (Å²) >= 11 is 1.53. The van der Waals surface area contributed by atoms with Crippen LogP contribution in [0.4, 0.5) is 0 Å². The highest BCUT2D eigenvalue weighted by Crippen LogP contribution is 2.30. The van der Waals surface area contributed by atoms with Crippen LogP contribution < -0.4 is 5.73 Å². The van der Waals surface area contributed by atoms with Crippen LogP contribution >= 0.6 is 11.3 Å². The highest BCUT2D eigenvalue weighted by Gasteiger charge is 2.12. The van der Waals surface area contributed by atoms with Gasteiger partial charge in [0.1, 0.15) is 10.8 Å². The monoisotopic (exact) mass is 296 g/mol. The molecule has 0 aliphatic heterocycles. The van der Waals surface area contributed by atoms with Crippen LogP contribution in [0, 0.1) is 0 Å². The quantitative estimate of drug-likeness (QED) is 0.778. The smallest absolute Gasteiger partial charge is 0.252 e. The van der Waals surface area contributed by atoms with Crippen LogP contribution in [0.25, 0.3) is 21.8 Å². The Morgan fingerprint density at radius 2 is 1.86 bits per heavy atom. The lowest BCUT2D eigenvalue weighted by atomic mass is 10.1. The maximum absolute atomic E-state index is 11.3. The fraction of sp³-hybridized carbons (Fsp3) is 0. The van der Waals surface area contributed by atoms with Crippen molar-refractivity contribution >= 4 is 17.2 Å². The van der Waals surface area contributed by atoms with Crippen molar-refractivity contribution in [1.82, 2.24) is 4.98 Å². The number of rotatable bonds is 3. The average Bonchev–Trinajstić information content (AvgIpc) is 2.98. The molecule has 0 unspecified atom stereocenters. The number of hydrogen-bond donors (Lipinski definition) is 2. The number of aromatic hydroxyl groups is 1. The molecule has 0 saturated heterocycles. The summed E-state index contributed by atoms with van der Waals surface area (Å²) < 4.78 is 0. The van der Waals surface area contributed by atoms with Crippen molar-refractivity contribution in [2.75, 3.05) is 0 Å². The number of nitrogens with two attached hydrogens (primary N) is 1. The number of carbonyl (C=O) groups excluding carboxylic acids is 1. The summed E-state index contributed by atoms with van der Waals surface area (Å²) in [6.07, 6.45) is 0. The lowest BCUT2D eigenvalue weighted by Gasteiger charge is -2.03. The number of phenols is 1. The molecule has 0 aliphatic carbocycles. The largest absolute Gasteiger partial charge is 0.507 e. The zero-order chi connectivity index (χ0) is 14.8. The third-order valence-corrected chi connectivity index (χ3v) is 3.97. The van der Waals surface area contributed by atoms with E-state index in [1.165, 1.54) is 17.4 Å². The van der Waals surface area contributed by atoms with E-state index in [1.807, 2.05) is 35.7 Å². The second-order valence-electron chi connectivity index (χ2n) is 4.50. The Kier molecular flexibility index (Phi) is 3.41. The fourth-order valence-corrected chi connectivity index (χ4v) is 2.85. The summed E-state index contributed by atoms with van der Waals surface area (Å²) in [6, 6.07) is 14.6. The molecule has 3 aromatic rings. The molecule has 0 saturated carbocycles. The van der Waals surface area contributed by atoms with E-state index < -0.39 is 5.91 Å². The Labute approximate surface area is 125 Å². The van der Waals surface area contributed by atoms with E-state index in [1.54, 1.807) is 12.1 Å². The van der Waals surface area contributed by atoms with Crippen LogP contribution in [0.15, 0.2) is 53.9 Å². The Morgan fingerprint density at radius 3 is 2.57 bits per heavy atom. The van der Waals surface area contributed by atoms with Gasteiger partial charge in [-0.3, -0.25) is 4.79 Å². The normalized spacial score (nSPS) is 10.5. The van der Waals surface area contributed by atoms with Crippen molar-refractivity contribution in [1.29, 1.82) is 0 Å². The summed E-state index contributed by atoms with van der Waals surface area (Å²) in [5, 5.41) is 12.4. The van der Waals surface area contributed by atoms with Gasteiger partial charge in [-0.2, -0.15) is 0 Å². The van der Waals surface area contributed by atoms with Gasteiger partial charge in [-0.25, -0.2) is 4.98 Å². The van der Waals surface area contributed by atoms with Crippen molar-refractivity contribution in [2.45, 2.75) is 0 Å². The van der Waals surface area contributed by atoms with Crippen LogP contribution in [0.2, 0.25) is 0 Å². The number of aromatic nitrogens is 1. The van der Waals surface area contributed by atoms with Crippen molar-refractivity contribution in [2.24, 2.45) is 5.73 Å². The highest BCUT2D eigenvalue weighted by molar-refractivity contribution is 7.13. The van der Waals surface area contributed by atoms with E-state index in [9.17, 15) is 9.90 Å². The average molecular weight is 296 g/mol. The van der Waals surface area contributed by atoms with Crippen LogP contribution in [-0.2, 0) is 0 Å². The minimum Gasteiger partial charge on any atom is -0.507 e. The molecule has 104 valence electrons. The first-order chi connectivity index (χ1) is 10.1. The zero-order valence-electron chi connectivity index (χ0n) is 11.0. The van der Waals surface area contributed by atoms with E-state index in [2.05, 4.69) is 4.98 Å². The van der Waals surface area contributed by atoms with Gasteiger partial charge in [0.25, 0.3) is 5.91 Å². The van der Waals surface area contributed by atoms with Gasteiger partial charge in [0.05, 0.1) is 11.3 Å². The molecular weight excluding hydrogens is 284 g/mol. The number of thiazole rings is 1. The minimum atomic E-state index is -0.659.